The highest BCUT2D eigenvalue weighted by atomic mass is 16.6. The molecule has 8 nitrogen and oxygen atoms in total. The van der Waals surface area contributed by atoms with Gasteiger partial charge in [-0.15, -0.1) is 5.10 Å². The van der Waals surface area contributed by atoms with E-state index in [0.717, 1.165) is 6.42 Å². The van der Waals surface area contributed by atoms with Crippen molar-refractivity contribution >= 4 is 12.1 Å². The molecule has 2 heterocycles. The Bertz CT molecular complexity index is 562. The number of carbonyl (C=O) groups is 2. The minimum absolute atomic E-state index is 0.164. The summed E-state index contributed by atoms with van der Waals surface area (Å²) in [6.45, 7) is 8.82. The van der Waals surface area contributed by atoms with E-state index in [9.17, 15) is 9.59 Å². The summed E-state index contributed by atoms with van der Waals surface area (Å²) >= 11 is 0. The monoisotopic (exact) mass is 310 g/mol. The Hall–Kier alpha value is -2.12. The third-order valence-corrected chi connectivity index (χ3v) is 3.10. The van der Waals surface area contributed by atoms with E-state index < -0.39 is 17.7 Å². The Kier molecular flexibility index (Phi) is 4.68. The Morgan fingerprint density at radius 3 is 2.64 bits per heavy atom. The molecular weight excluding hydrogens is 288 g/mol. The molecule has 8 heteroatoms. The summed E-state index contributed by atoms with van der Waals surface area (Å²) in [5.41, 5.74) is 0.186. The number of aromatic nitrogens is 3. The summed E-state index contributed by atoms with van der Waals surface area (Å²) in [6, 6.07) is 0. The molecule has 0 unspecified atom stereocenters. The molecule has 1 amide bonds. The van der Waals surface area contributed by atoms with Crippen LogP contribution in [0.4, 0.5) is 4.79 Å². The number of rotatable bonds is 2. The molecule has 0 atom stereocenters. The van der Waals surface area contributed by atoms with Gasteiger partial charge < -0.3 is 14.4 Å². The molecule has 0 aliphatic carbocycles. The predicted molar refractivity (Wildman–Crippen MR) is 77.2 cm³/mol. The Balaban J connectivity index is 2.20. The quantitative estimate of drug-likeness (QED) is 0.771. The predicted octanol–water partition coefficient (Wildman–Crippen LogP) is 1.60. The van der Waals surface area contributed by atoms with Crippen LogP contribution in [0.15, 0.2) is 0 Å². The molecule has 0 aromatic carbocycles. The first-order valence-corrected chi connectivity index (χ1v) is 7.39. The number of carbonyl (C=O) groups excluding carboxylic acids is 2. The normalized spacial score (nSPS) is 15.0. The number of hydrogen-bond donors (Lipinski definition) is 0. The molecule has 22 heavy (non-hydrogen) atoms. The molecule has 0 bridgehead atoms. The summed E-state index contributed by atoms with van der Waals surface area (Å²) in [5, 5.41) is 7.86. The van der Waals surface area contributed by atoms with Crippen molar-refractivity contribution < 1.29 is 19.1 Å². The van der Waals surface area contributed by atoms with Crippen molar-refractivity contribution in [2.75, 3.05) is 13.2 Å². The number of amides is 1. The van der Waals surface area contributed by atoms with E-state index >= 15 is 0 Å². The molecule has 1 aromatic rings. The fraction of sp³-hybridized carbons (Fsp3) is 0.714. The van der Waals surface area contributed by atoms with Crippen LogP contribution in [-0.4, -0.2) is 50.7 Å². The minimum Gasteiger partial charge on any atom is -0.461 e. The highest BCUT2D eigenvalue weighted by Gasteiger charge is 2.29. The SMILES string of the molecule is CCOC(=O)c1nnn2c1CN(C(=O)OC(C)(C)C)CCC2. The van der Waals surface area contributed by atoms with Crippen molar-refractivity contribution in [1.29, 1.82) is 0 Å². The number of ether oxygens (including phenoxy) is 2. The van der Waals surface area contributed by atoms with Gasteiger partial charge in [-0.05, 0) is 34.1 Å². The summed E-state index contributed by atoms with van der Waals surface area (Å²) in [5.74, 6) is -0.519. The first-order chi connectivity index (χ1) is 10.3. The van der Waals surface area contributed by atoms with Crippen molar-refractivity contribution in [3.05, 3.63) is 11.4 Å². The molecule has 0 radical (unpaired) electrons. The van der Waals surface area contributed by atoms with Gasteiger partial charge in [-0.25, -0.2) is 14.3 Å². The molecule has 122 valence electrons. The van der Waals surface area contributed by atoms with E-state index in [1.165, 1.54) is 0 Å². The second kappa shape index (κ2) is 6.33. The fourth-order valence-electron chi connectivity index (χ4n) is 2.18. The van der Waals surface area contributed by atoms with Gasteiger partial charge in [0, 0.05) is 13.1 Å². The van der Waals surface area contributed by atoms with E-state index in [1.54, 1.807) is 16.5 Å². The molecule has 2 rings (SSSR count). The number of aryl methyl sites for hydroxylation is 1. The Labute approximate surface area is 129 Å². The maximum atomic E-state index is 12.2. The van der Waals surface area contributed by atoms with E-state index in [0.29, 0.717) is 18.8 Å². The zero-order chi connectivity index (χ0) is 16.3. The molecule has 0 fully saturated rings. The van der Waals surface area contributed by atoms with Crippen LogP contribution in [0.1, 0.15) is 50.3 Å². The summed E-state index contributed by atoms with van der Waals surface area (Å²) in [4.78, 5) is 25.7. The summed E-state index contributed by atoms with van der Waals surface area (Å²) in [7, 11) is 0. The van der Waals surface area contributed by atoms with Crippen LogP contribution < -0.4 is 0 Å². The first-order valence-electron chi connectivity index (χ1n) is 7.39. The topological polar surface area (TPSA) is 86.5 Å². The fourth-order valence-corrected chi connectivity index (χ4v) is 2.18. The van der Waals surface area contributed by atoms with Crippen LogP contribution >= 0.6 is 0 Å². The van der Waals surface area contributed by atoms with Crippen molar-refractivity contribution in [3.63, 3.8) is 0 Å². The Morgan fingerprint density at radius 1 is 1.27 bits per heavy atom. The highest BCUT2D eigenvalue weighted by molar-refractivity contribution is 5.88. The van der Waals surface area contributed by atoms with Crippen LogP contribution in [0, 0.1) is 0 Å². The van der Waals surface area contributed by atoms with Crippen molar-refractivity contribution in [2.45, 2.75) is 52.8 Å². The molecule has 1 aromatic heterocycles. The molecule has 0 N–H and O–H groups in total. The molecular formula is C14H22N4O4. The smallest absolute Gasteiger partial charge is 0.410 e. The third kappa shape index (κ3) is 3.75. The van der Waals surface area contributed by atoms with Crippen molar-refractivity contribution in [1.82, 2.24) is 19.9 Å². The van der Waals surface area contributed by atoms with Gasteiger partial charge in [-0.1, -0.05) is 5.21 Å². The number of esters is 1. The van der Waals surface area contributed by atoms with Gasteiger partial charge in [-0.3, -0.25) is 0 Å². The molecule has 1 aliphatic heterocycles. The van der Waals surface area contributed by atoms with Crippen LogP contribution in [0.25, 0.3) is 0 Å². The average Bonchev–Trinajstić information content (AvgIpc) is 2.67. The lowest BCUT2D eigenvalue weighted by Crippen LogP contribution is -2.36. The van der Waals surface area contributed by atoms with E-state index in [2.05, 4.69) is 10.3 Å². The van der Waals surface area contributed by atoms with Gasteiger partial charge in [0.2, 0.25) is 0 Å². The van der Waals surface area contributed by atoms with Crippen LogP contribution in [0.3, 0.4) is 0 Å². The van der Waals surface area contributed by atoms with Crippen LogP contribution in [-0.2, 0) is 22.6 Å². The van der Waals surface area contributed by atoms with Gasteiger partial charge in [0.05, 0.1) is 18.8 Å². The Morgan fingerprint density at radius 2 is 2.00 bits per heavy atom. The first kappa shape index (κ1) is 16.3. The van der Waals surface area contributed by atoms with Gasteiger partial charge in [0.25, 0.3) is 0 Å². The maximum Gasteiger partial charge on any atom is 0.410 e. The second-order valence-electron chi connectivity index (χ2n) is 6.08. The van der Waals surface area contributed by atoms with Crippen molar-refractivity contribution in [3.8, 4) is 0 Å². The van der Waals surface area contributed by atoms with Gasteiger partial charge in [-0.2, -0.15) is 0 Å². The molecule has 0 spiro atoms. The second-order valence-corrected chi connectivity index (χ2v) is 6.08. The van der Waals surface area contributed by atoms with Crippen LogP contribution in [0.2, 0.25) is 0 Å². The van der Waals surface area contributed by atoms with Gasteiger partial charge in [0.15, 0.2) is 5.69 Å². The number of hydrogen-bond acceptors (Lipinski definition) is 6. The standard InChI is InChI=1S/C14H22N4O4/c1-5-21-12(19)11-10-9-17(13(20)22-14(2,3)4)7-6-8-18(10)16-15-11/h5-9H2,1-4H3. The number of nitrogens with zero attached hydrogens (tertiary/aromatic N) is 4. The lowest BCUT2D eigenvalue weighted by molar-refractivity contribution is 0.0233. The van der Waals surface area contributed by atoms with Crippen LogP contribution in [0.5, 0.6) is 0 Å². The van der Waals surface area contributed by atoms with Crippen molar-refractivity contribution in [2.24, 2.45) is 0 Å². The van der Waals surface area contributed by atoms with Gasteiger partial charge in [0.1, 0.15) is 5.60 Å². The largest absolute Gasteiger partial charge is 0.461 e. The minimum atomic E-state index is -0.564. The molecule has 1 aliphatic rings. The zero-order valence-electron chi connectivity index (χ0n) is 13.5. The highest BCUT2D eigenvalue weighted by Crippen LogP contribution is 2.18. The van der Waals surface area contributed by atoms with E-state index in [-0.39, 0.29) is 18.8 Å². The summed E-state index contributed by atoms with van der Waals surface area (Å²) in [6.07, 6.45) is 0.315. The number of fused-ring (bicyclic) bond motifs is 1. The zero-order valence-corrected chi connectivity index (χ0v) is 13.5. The van der Waals surface area contributed by atoms with E-state index in [1.807, 2.05) is 20.8 Å². The summed E-state index contributed by atoms with van der Waals surface area (Å²) < 4.78 is 12.0. The molecule has 0 saturated carbocycles. The third-order valence-electron chi connectivity index (χ3n) is 3.10. The average molecular weight is 310 g/mol. The lowest BCUT2D eigenvalue weighted by atomic mass is 10.2. The maximum absolute atomic E-state index is 12.2. The van der Waals surface area contributed by atoms with E-state index in [4.69, 9.17) is 9.47 Å². The molecule has 0 saturated heterocycles. The van der Waals surface area contributed by atoms with Gasteiger partial charge >= 0.3 is 12.1 Å². The lowest BCUT2D eigenvalue weighted by Gasteiger charge is -2.26.